The summed E-state index contributed by atoms with van der Waals surface area (Å²) in [4.78, 5) is 27.4. The molecule has 14 rings (SSSR count). The molecule has 6 aliphatic heterocycles. The van der Waals surface area contributed by atoms with Crippen molar-refractivity contribution in [2.75, 3.05) is 54.8 Å². The van der Waals surface area contributed by atoms with Crippen molar-refractivity contribution >= 4 is 58.2 Å². The van der Waals surface area contributed by atoms with Gasteiger partial charge in [-0.25, -0.2) is 4.79 Å². The average molecular weight is 1220 g/mol. The molecule has 12 nitrogen and oxygen atoms in total. The minimum Gasteiger partial charge on any atom is -0.429 e. The fraction of sp³-hybridized carbons (Fsp3) is 0.266. The van der Waals surface area contributed by atoms with Gasteiger partial charge in [0.1, 0.15) is 23.9 Å². The molecule has 91 heavy (non-hydrogen) atoms. The average Bonchev–Trinajstić information content (AvgIpc) is 1.59. The molecule has 0 aromatic heterocycles. The van der Waals surface area contributed by atoms with Gasteiger partial charge in [0.15, 0.2) is 5.78 Å². The van der Waals surface area contributed by atoms with Crippen LogP contribution < -0.4 is 15.1 Å². The van der Waals surface area contributed by atoms with E-state index >= 15 is 0 Å². The maximum absolute atomic E-state index is 11.6. The third-order valence-corrected chi connectivity index (χ3v) is 16.2. The van der Waals surface area contributed by atoms with Crippen molar-refractivity contribution in [2.24, 2.45) is 0 Å². The minimum absolute atomic E-state index is 0.0114. The summed E-state index contributed by atoms with van der Waals surface area (Å²) >= 11 is 0. The van der Waals surface area contributed by atoms with Gasteiger partial charge >= 0.3 is 6.16 Å². The Bertz CT molecular complexity index is 3570. The summed E-state index contributed by atoms with van der Waals surface area (Å²) in [6.07, 6.45) is 18.5. The number of anilines is 6. The summed E-state index contributed by atoms with van der Waals surface area (Å²) < 4.78 is 26.3. The van der Waals surface area contributed by atoms with Crippen LogP contribution in [0.4, 0.5) is 38.9 Å². The Morgan fingerprint density at radius 2 is 0.879 bits per heavy atom. The van der Waals surface area contributed by atoms with Crippen LogP contribution in [-0.2, 0) is 67.0 Å². The second-order valence-corrected chi connectivity index (χ2v) is 23.9. The number of hydrogen-bond acceptors (Lipinski definition) is 12. The van der Waals surface area contributed by atoms with Crippen molar-refractivity contribution in [3.05, 3.63) is 287 Å². The number of ketones is 1. The van der Waals surface area contributed by atoms with Crippen LogP contribution in [0.15, 0.2) is 243 Å². The zero-order chi connectivity index (χ0) is 63.2. The molecule has 3 unspecified atom stereocenters. The van der Waals surface area contributed by atoms with Crippen molar-refractivity contribution in [1.29, 1.82) is 0 Å². The van der Waals surface area contributed by atoms with E-state index in [4.69, 9.17) is 23.7 Å². The van der Waals surface area contributed by atoms with E-state index in [-0.39, 0.29) is 30.6 Å². The first-order valence-electron chi connectivity index (χ1n) is 31.6. The monoisotopic (exact) mass is 1220 g/mol. The van der Waals surface area contributed by atoms with Crippen molar-refractivity contribution in [1.82, 2.24) is 0 Å². The third kappa shape index (κ3) is 18.5. The Hall–Kier alpha value is -9.14. The SMILES string of the molecule is C1=CC(N2c3ccccc3CCc3ccccc32)COC1.CC(C)(C)OC(=O)OC1C=CCOC1.O=C(/C=C/c1ccccc1)/C=C/c1ccccc1.O[C@@H]1C(N2c3ccccc3CCc3ccccc32)COC[C@@H]1O.c1ccc2c(c1)CCc1ccccc1N2. The van der Waals surface area contributed by atoms with Gasteiger partial charge in [-0.3, -0.25) is 4.79 Å². The standard InChI is InChI=1S/C19H21NO3.C19H19NO.C17H14O.C14H13N.C10H16O4/c21-18-12-23-11-17(19(18)22)20-15-7-3-1-5-13(15)9-10-14-6-2-4-8-16(14)20;1-3-9-18-15(6-1)11-12-16-7-2-4-10-19(16)20(18)17-8-5-13-21-14-17;18-17(13-11-15-7-3-1-4-8-15)14-12-16-9-5-2-6-10-16;1-3-7-13-11(5-1)9-10-12-6-2-4-8-14(12)15-13;1-10(2,3)14-9(11)13-8-5-4-6-12-7-8/h1-8,17-19,21-22H,9-12H2;1-10,17H,11-14H2;1-14H;1-8,15H,9-10H2;4-5,8H,6-7H2,1-3H3/b;;13-11+,14-12+;;/t17?,18-,19+;;;;/m0..../s1. The number of benzene rings is 8. The summed E-state index contributed by atoms with van der Waals surface area (Å²) in [6.45, 7) is 8.43. The molecule has 0 amide bonds. The third-order valence-electron chi connectivity index (χ3n) is 16.2. The van der Waals surface area contributed by atoms with Gasteiger partial charge in [-0.15, -0.1) is 0 Å². The maximum atomic E-state index is 11.6. The molecule has 8 aromatic carbocycles. The second kappa shape index (κ2) is 32.6. The highest BCUT2D eigenvalue weighted by atomic mass is 16.7. The number of carbonyl (C=O) groups excluding carboxylic acids is 2. The molecule has 0 saturated carbocycles. The van der Waals surface area contributed by atoms with Gasteiger partial charge in [-0.2, -0.15) is 0 Å². The molecule has 5 atom stereocenters. The molecule has 12 heteroatoms. The Labute approximate surface area is 536 Å². The lowest BCUT2D eigenvalue weighted by Gasteiger charge is -2.41. The number of nitrogens with one attached hydrogen (secondary N) is 1. The number of nitrogens with zero attached hydrogens (tertiary/aromatic N) is 2. The van der Waals surface area contributed by atoms with Crippen LogP contribution in [0, 0.1) is 0 Å². The van der Waals surface area contributed by atoms with E-state index in [0.29, 0.717) is 19.8 Å². The van der Waals surface area contributed by atoms with Gasteiger partial charge in [-0.1, -0.05) is 200 Å². The van der Waals surface area contributed by atoms with E-state index in [0.717, 1.165) is 74.2 Å². The molecule has 0 spiro atoms. The molecular formula is C79H83N3O9. The van der Waals surface area contributed by atoms with E-state index < -0.39 is 24.0 Å². The molecule has 468 valence electrons. The lowest BCUT2D eigenvalue weighted by Crippen LogP contribution is -2.55. The van der Waals surface area contributed by atoms with Gasteiger partial charge in [-0.05, 0) is 158 Å². The van der Waals surface area contributed by atoms with E-state index in [9.17, 15) is 19.8 Å². The normalized spacial score (nSPS) is 19.3. The number of ether oxygens (including phenoxy) is 5. The zero-order valence-corrected chi connectivity index (χ0v) is 52.3. The number of para-hydroxylation sites is 6. The van der Waals surface area contributed by atoms with E-state index in [1.165, 1.54) is 56.1 Å². The first kappa shape index (κ1) is 64.8. The number of hydrogen-bond donors (Lipinski definition) is 3. The first-order chi connectivity index (χ1) is 44.4. The van der Waals surface area contributed by atoms with Crippen LogP contribution in [0.25, 0.3) is 12.2 Å². The number of aryl methyl sites for hydroxylation is 6. The fourth-order valence-corrected chi connectivity index (χ4v) is 11.7. The van der Waals surface area contributed by atoms with Gasteiger partial charge in [0.2, 0.25) is 0 Å². The molecule has 1 fully saturated rings. The minimum atomic E-state index is -0.851. The van der Waals surface area contributed by atoms with Crippen LogP contribution in [-0.4, -0.2) is 97.8 Å². The van der Waals surface area contributed by atoms with Gasteiger partial charge in [0.05, 0.1) is 51.7 Å². The smallest absolute Gasteiger partial charge is 0.429 e. The molecule has 3 N–H and O–H groups in total. The largest absolute Gasteiger partial charge is 0.509 e. The molecule has 0 radical (unpaired) electrons. The van der Waals surface area contributed by atoms with Crippen molar-refractivity contribution in [3.63, 3.8) is 0 Å². The number of rotatable bonds is 7. The molecule has 0 bridgehead atoms. The van der Waals surface area contributed by atoms with Crippen LogP contribution in [0.5, 0.6) is 0 Å². The molecule has 0 aliphatic carbocycles. The number of aliphatic hydroxyl groups is 2. The van der Waals surface area contributed by atoms with E-state index in [1.807, 2.05) is 91.0 Å². The Kier molecular flexibility index (Phi) is 23.2. The highest BCUT2D eigenvalue weighted by Gasteiger charge is 2.38. The molecule has 6 aliphatic rings. The summed E-state index contributed by atoms with van der Waals surface area (Å²) in [5.74, 6) is -0.0114. The quantitative estimate of drug-likeness (QED) is 0.0795. The van der Waals surface area contributed by atoms with E-state index in [1.54, 1.807) is 39.0 Å². The van der Waals surface area contributed by atoms with Crippen LogP contribution in [0.1, 0.15) is 65.3 Å². The number of allylic oxidation sites excluding steroid dienone is 2. The maximum Gasteiger partial charge on any atom is 0.509 e. The number of aliphatic hydroxyl groups excluding tert-OH is 2. The number of fused-ring (bicyclic) bond motifs is 6. The predicted octanol–water partition coefficient (Wildman–Crippen LogP) is 15.3. The first-order valence-corrected chi connectivity index (χ1v) is 31.6. The van der Waals surface area contributed by atoms with Crippen LogP contribution in [0.2, 0.25) is 0 Å². The Balaban J connectivity index is 0.000000126. The lowest BCUT2D eigenvalue weighted by molar-refractivity contribution is -0.110. The van der Waals surface area contributed by atoms with Crippen molar-refractivity contribution < 1.29 is 43.5 Å². The molecular weight excluding hydrogens is 1130 g/mol. The molecule has 1 saturated heterocycles. The van der Waals surface area contributed by atoms with Crippen molar-refractivity contribution in [2.45, 2.75) is 95.3 Å². The van der Waals surface area contributed by atoms with Crippen molar-refractivity contribution in [3.8, 4) is 0 Å². The van der Waals surface area contributed by atoms with Gasteiger partial charge in [0, 0.05) is 34.1 Å². The van der Waals surface area contributed by atoms with Crippen LogP contribution in [0.3, 0.4) is 0 Å². The summed E-state index contributed by atoms with van der Waals surface area (Å²) in [6, 6.07) is 70.7. The second-order valence-electron chi connectivity index (χ2n) is 23.9. The Morgan fingerprint density at radius 3 is 1.32 bits per heavy atom. The van der Waals surface area contributed by atoms with Crippen LogP contribution >= 0.6 is 0 Å². The highest BCUT2D eigenvalue weighted by molar-refractivity contribution is 6.04. The summed E-state index contributed by atoms with van der Waals surface area (Å²) in [5, 5.41) is 24.1. The molecule has 8 aromatic rings. The lowest BCUT2D eigenvalue weighted by atomic mass is 9.99. The Morgan fingerprint density at radius 1 is 0.473 bits per heavy atom. The molecule has 6 heterocycles. The van der Waals surface area contributed by atoms with Gasteiger partial charge in [0.25, 0.3) is 0 Å². The van der Waals surface area contributed by atoms with E-state index in [2.05, 4.69) is 161 Å². The zero-order valence-electron chi connectivity index (χ0n) is 52.3. The fourth-order valence-electron chi connectivity index (χ4n) is 11.7. The topological polar surface area (TPSA) is 139 Å². The van der Waals surface area contributed by atoms with Gasteiger partial charge < -0.3 is 49.0 Å². The predicted molar refractivity (Wildman–Crippen MR) is 366 cm³/mol. The number of carbonyl (C=O) groups is 2. The highest BCUT2D eigenvalue weighted by Crippen LogP contribution is 2.41. The summed E-state index contributed by atoms with van der Waals surface area (Å²) in [5.41, 5.74) is 17.1. The summed E-state index contributed by atoms with van der Waals surface area (Å²) in [7, 11) is 0.